The Balaban J connectivity index is 1.59. The molecule has 1 fully saturated rings. The van der Waals surface area contributed by atoms with Crippen LogP contribution in [0.25, 0.3) is 0 Å². The van der Waals surface area contributed by atoms with E-state index < -0.39 is 10.9 Å². The van der Waals surface area contributed by atoms with Gasteiger partial charge in [0.15, 0.2) is 5.75 Å². The molecule has 8 nitrogen and oxygen atoms in total. The van der Waals surface area contributed by atoms with E-state index in [4.69, 9.17) is 4.42 Å². The van der Waals surface area contributed by atoms with Crippen LogP contribution in [0.5, 0.6) is 5.75 Å². The van der Waals surface area contributed by atoms with E-state index in [1.807, 2.05) is 13.8 Å². The average molecular weight is 466 g/mol. The molecule has 0 unspecified atom stereocenters. The molecule has 34 heavy (non-hydrogen) atoms. The number of para-hydroxylation sites is 1. The van der Waals surface area contributed by atoms with Crippen LogP contribution < -0.4 is 21.5 Å². The Morgan fingerprint density at radius 3 is 2.50 bits per heavy atom. The number of aromatic hydroxyl groups is 1. The van der Waals surface area contributed by atoms with Gasteiger partial charge in [0.2, 0.25) is 0 Å². The summed E-state index contributed by atoms with van der Waals surface area (Å²) in [5, 5.41) is 16.6. The number of hydrogen-bond donors (Lipinski definition) is 3. The van der Waals surface area contributed by atoms with Gasteiger partial charge < -0.3 is 25.1 Å². The van der Waals surface area contributed by atoms with E-state index in [9.17, 15) is 19.5 Å². The van der Waals surface area contributed by atoms with Crippen molar-refractivity contribution < 1.29 is 14.3 Å². The summed E-state index contributed by atoms with van der Waals surface area (Å²) in [5.74, 6) is 1.50. The fourth-order valence-electron chi connectivity index (χ4n) is 4.72. The summed E-state index contributed by atoms with van der Waals surface area (Å²) in [7, 11) is 3.17. The molecule has 1 atom stereocenters. The van der Waals surface area contributed by atoms with E-state index in [-0.39, 0.29) is 40.3 Å². The highest BCUT2D eigenvalue weighted by Gasteiger charge is 2.28. The number of amides is 1. The Bertz CT molecular complexity index is 1280. The molecule has 3 aromatic rings. The molecule has 0 saturated heterocycles. The highest BCUT2D eigenvalue weighted by Crippen LogP contribution is 2.39. The number of rotatable bonds is 8. The van der Waals surface area contributed by atoms with Crippen molar-refractivity contribution in [2.24, 2.45) is 0 Å². The van der Waals surface area contributed by atoms with E-state index >= 15 is 0 Å². The third-order valence-corrected chi connectivity index (χ3v) is 6.68. The number of benzene rings is 1. The first-order chi connectivity index (χ1) is 16.2. The van der Waals surface area contributed by atoms with Crippen LogP contribution in [0.4, 0.5) is 17.1 Å². The Morgan fingerprint density at radius 2 is 1.85 bits per heavy atom. The zero-order valence-electron chi connectivity index (χ0n) is 20.0. The number of anilines is 3. The summed E-state index contributed by atoms with van der Waals surface area (Å²) in [6, 6.07) is 6.44. The second kappa shape index (κ2) is 9.37. The van der Waals surface area contributed by atoms with E-state index in [0.717, 1.165) is 24.4 Å². The van der Waals surface area contributed by atoms with E-state index in [2.05, 4.69) is 16.7 Å². The van der Waals surface area contributed by atoms with Gasteiger partial charge in [-0.2, -0.15) is 0 Å². The molecule has 0 bridgehead atoms. The number of carbonyl (C=O) groups excluding carboxylic acids is 1. The van der Waals surface area contributed by atoms with Gasteiger partial charge in [0, 0.05) is 14.1 Å². The van der Waals surface area contributed by atoms with Crippen molar-refractivity contribution in [3.63, 3.8) is 0 Å². The van der Waals surface area contributed by atoms with Gasteiger partial charge in [0.05, 0.1) is 17.3 Å². The summed E-state index contributed by atoms with van der Waals surface area (Å²) in [5.41, 5.74) is 0.407. The molecule has 1 aromatic heterocycles. The molecule has 3 N–H and O–H groups in total. The minimum atomic E-state index is -0.677. The van der Waals surface area contributed by atoms with Crippen LogP contribution in [0, 0.1) is 6.92 Å². The van der Waals surface area contributed by atoms with Crippen molar-refractivity contribution in [1.29, 1.82) is 0 Å². The minimum absolute atomic E-state index is 0.0625. The molecule has 1 amide bonds. The number of nitrogens with one attached hydrogen (secondary N) is 2. The first kappa shape index (κ1) is 23.6. The number of phenolic OH excluding ortho intramolecular Hbond substituents is 1. The van der Waals surface area contributed by atoms with Gasteiger partial charge in [-0.1, -0.05) is 25.8 Å². The zero-order chi connectivity index (χ0) is 24.6. The summed E-state index contributed by atoms with van der Waals surface area (Å²) in [6.07, 6.45) is 5.43. The second-order valence-electron chi connectivity index (χ2n) is 9.18. The van der Waals surface area contributed by atoms with Crippen LogP contribution in [0.3, 0.4) is 0 Å². The minimum Gasteiger partial charge on any atom is -0.505 e. The van der Waals surface area contributed by atoms with Gasteiger partial charge in [0.25, 0.3) is 16.8 Å². The number of aryl methyl sites for hydroxylation is 1. The lowest BCUT2D eigenvalue weighted by Crippen LogP contribution is -2.37. The third-order valence-electron chi connectivity index (χ3n) is 6.68. The molecule has 2 aromatic carbocycles. The Hall–Kier alpha value is -3.55. The van der Waals surface area contributed by atoms with E-state index in [1.54, 1.807) is 26.2 Å². The SMILES string of the molecule is CC[C@@H](Nc1c(Nc2cccc(C(=O)N(C)C)c2O)c(=O)c1=O)c1cc(C2CCCC2)c(C)o1. The molecule has 4 rings (SSSR count). The maximum absolute atomic E-state index is 12.4. The zero-order valence-corrected chi connectivity index (χ0v) is 20.0. The quantitative estimate of drug-likeness (QED) is 0.330. The lowest BCUT2D eigenvalue weighted by atomic mass is 9.97. The first-order valence-corrected chi connectivity index (χ1v) is 11.7. The van der Waals surface area contributed by atoms with Gasteiger partial charge in [0.1, 0.15) is 22.9 Å². The van der Waals surface area contributed by atoms with E-state index in [0.29, 0.717) is 12.3 Å². The molecule has 0 spiro atoms. The van der Waals surface area contributed by atoms with Crippen LogP contribution in [0.15, 0.2) is 38.3 Å². The predicted molar refractivity (Wildman–Crippen MR) is 132 cm³/mol. The smallest absolute Gasteiger partial charge is 0.257 e. The summed E-state index contributed by atoms with van der Waals surface area (Å²) < 4.78 is 6.06. The van der Waals surface area contributed by atoms with Crippen molar-refractivity contribution in [3.05, 3.63) is 67.4 Å². The van der Waals surface area contributed by atoms with Gasteiger partial charge in [-0.05, 0) is 55.9 Å². The van der Waals surface area contributed by atoms with E-state index in [1.165, 1.54) is 29.4 Å². The number of furan rings is 1. The van der Waals surface area contributed by atoms with Crippen molar-refractivity contribution in [2.45, 2.75) is 57.9 Å². The maximum atomic E-state index is 12.4. The number of hydrogen-bond acceptors (Lipinski definition) is 7. The maximum Gasteiger partial charge on any atom is 0.257 e. The summed E-state index contributed by atoms with van der Waals surface area (Å²) in [6.45, 7) is 3.95. The largest absolute Gasteiger partial charge is 0.505 e. The van der Waals surface area contributed by atoms with Gasteiger partial charge in [-0.15, -0.1) is 0 Å². The first-order valence-electron chi connectivity index (χ1n) is 11.7. The molecule has 1 heterocycles. The highest BCUT2D eigenvalue weighted by molar-refractivity contribution is 5.99. The molecule has 180 valence electrons. The standard InChI is InChI=1S/C26H31N3O5/c1-5-18(20-13-17(14(2)34-20)15-9-6-7-10-15)27-21-22(25(32)24(21)31)28-19-12-8-11-16(23(19)30)26(33)29(3)4/h8,11-13,15,18,27-28,30H,5-7,9-10H2,1-4H3/t18-/m1/s1. The Labute approximate surface area is 198 Å². The van der Waals surface area contributed by atoms with Crippen molar-refractivity contribution >= 4 is 23.0 Å². The van der Waals surface area contributed by atoms with Gasteiger partial charge in [-0.3, -0.25) is 14.4 Å². The molecular formula is C26H31N3O5. The van der Waals surface area contributed by atoms with Crippen molar-refractivity contribution in [3.8, 4) is 5.75 Å². The average Bonchev–Trinajstić information content (AvgIpc) is 3.48. The van der Waals surface area contributed by atoms with Crippen molar-refractivity contribution in [2.75, 3.05) is 24.7 Å². The third kappa shape index (κ3) is 4.20. The molecular weight excluding hydrogens is 434 g/mol. The van der Waals surface area contributed by atoms with Crippen molar-refractivity contribution in [1.82, 2.24) is 4.90 Å². The second-order valence-corrected chi connectivity index (χ2v) is 9.18. The highest BCUT2D eigenvalue weighted by atomic mass is 16.3. The monoisotopic (exact) mass is 465 g/mol. The predicted octanol–water partition coefficient (Wildman–Crippen LogP) is 4.56. The molecule has 8 heteroatoms. The van der Waals surface area contributed by atoms with Crippen LogP contribution >= 0.6 is 0 Å². The lowest BCUT2D eigenvalue weighted by molar-refractivity contribution is 0.0824. The summed E-state index contributed by atoms with van der Waals surface area (Å²) >= 11 is 0. The van der Waals surface area contributed by atoms with Crippen LogP contribution in [0.2, 0.25) is 0 Å². The molecule has 0 radical (unpaired) electrons. The molecule has 1 saturated carbocycles. The number of carbonyl (C=O) groups is 1. The summed E-state index contributed by atoms with van der Waals surface area (Å²) in [4.78, 5) is 38.4. The van der Waals surface area contributed by atoms with Crippen LogP contribution in [-0.4, -0.2) is 30.0 Å². The fraction of sp³-hybridized carbons (Fsp3) is 0.423. The molecule has 0 aliphatic heterocycles. The van der Waals surface area contributed by atoms with Crippen LogP contribution in [-0.2, 0) is 0 Å². The van der Waals surface area contributed by atoms with Gasteiger partial charge in [-0.25, -0.2) is 0 Å². The molecule has 1 aliphatic carbocycles. The van der Waals surface area contributed by atoms with Crippen LogP contribution in [0.1, 0.15) is 78.4 Å². The normalized spacial score (nSPS) is 14.9. The Morgan fingerprint density at radius 1 is 1.18 bits per heavy atom. The Kier molecular flexibility index (Phi) is 6.50. The fourth-order valence-corrected chi connectivity index (χ4v) is 4.72. The molecule has 1 aliphatic rings. The topological polar surface area (TPSA) is 112 Å². The number of nitrogens with zero attached hydrogens (tertiary/aromatic N) is 1. The van der Waals surface area contributed by atoms with Gasteiger partial charge >= 0.3 is 0 Å². The lowest BCUT2D eigenvalue weighted by Gasteiger charge is -2.21. The number of phenols is 1.